The fourth-order valence-corrected chi connectivity index (χ4v) is 1.63. The quantitative estimate of drug-likeness (QED) is 0.792. The molecule has 0 atom stereocenters. The number of aryl methyl sites for hydroxylation is 2. The van der Waals surface area contributed by atoms with E-state index in [-0.39, 0.29) is 5.82 Å². The van der Waals surface area contributed by atoms with E-state index < -0.39 is 0 Å². The third-order valence-electron chi connectivity index (χ3n) is 2.70. The standard InChI is InChI=1S/C15H12FNO/c1-10-6-7-13(8-14(10)16)18-15-11(2)4-3-5-12(15)9-17/h3-8H,1-2H3. The topological polar surface area (TPSA) is 33.0 Å². The number of nitrogens with zero attached hydrogens (tertiary/aromatic N) is 1. The second-order valence-electron chi connectivity index (χ2n) is 4.08. The number of halogens is 1. The highest BCUT2D eigenvalue weighted by molar-refractivity contribution is 5.50. The lowest BCUT2D eigenvalue weighted by atomic mass is 10.1. The van der Waals surface area contributed by atoms with Crippen molar-refractivity contribution in [3.8, 4) is 17.6 Å². The average Bonchev–Trinajstić information content (AvgIpc) is 2.36. The van der Waals surface area contributed by atoms with Crippen LogP contribution in [0.4, 0.5) is 4.39 Å². The summed E-state index contributed by atoms with van der Waals surface area (Å²) < 4.78 is 19.0. The number of ether oxygens (including phenoxy) is 1. The summed E-state index contributed by atoms with van der Waals surface area (Å²) in [6.45, 7) is 3.54. The van der Waals surface area contributed by atoms with Gasteiger partial charge < -0.3 is 4.74 Å². The number of hydrogen-bond acceptors (Lipinski definition) is 2. The lowest BCUT2D eigenvalue weighted by Crippen LogP contribution is -1.92. The van der Waals surface area contributed by atoms with Crippen LogP contribution in [-0.4, -0.2) is 0 Å². The predicted octanol–water partition coefficient (Wildman–Crippen LogP) is 4.11. The molecule has 0 spiro atoms. The summed E-state index contributed by atoms with van der Waals surface area (Å²) in [4.78, 5) is 0. The third-order valence-corrected chi connectivity index (χ3v) is 2.70. The molecule has 90 valence electrons. The van der Waals surface area contributed by atoms with Gasteiger partial charge in [0.15, 0.2) is 0 Å². The van der Waals surface area contributed by atoms with Crippen LogP contribution in [0.3, 0.4) is 0 Å². The van der Waals surface area contributed by atoms with Crippen molar-refractivity contribution >= 4 is 0 Å². The largest absolute Gasteiger partial charge is 0.456 e. The molecule has 0 saturated carbocycles. The van der Waals surface area contributed by atoms with Crippen molar-refractivity contribution in [1.29, 1.82) is 5.26 Å². The molecule has 0 heterocycles. The van der Waals surface area contributed by atoms with Crippen LogP contribution in [0, 0.1) is 31.0 Å². The maximum Gasteiger partial charge on any atom is 0.148 e. The Hall–Kier alpha value is -2.34. The molecule has 2 rings (SSSR count). The van der Waals surface area contributed by atoms with Crippen LogP contribution >= 0.6 is 0 Å². The molecule has 0 aliphatic carbocycles. The molecule has 2 aromatic carbocycles. The summed E-state index contributed by atoms with van der Waals surface area (Å²) in [7, 11) is 0. The van der Waals surface area contributed by atoms with Gasteiger partial charge in [-0.1, -0.05) is 18.2 Å². The molecule has 18 heavy (non-hydrogen) atoms. The van der Waals surface area contributed by atoms with E-state index in [0.29, 0.717) is 22.6 Å². The van der Waals surface area contributed by atoms with Crippen molar-refractivity contribution in [3.63, 3.8) is 0 Å². The van der Waals surface area contributed by atoms with E-state index in [1.54, 1.807) is 31.2 Å². The van der Waals surface area contributed by atoms with Gasteiger partial charge in [0.1, 0.15) is 23.4 Å². The van der Waals surface area contributed by atoms with E-state index in [2.05, 4.69) is 6.07 Å². The third kappa shape index (κ3) is 2.33. The monoisotopic (exact) mass is 241 g/mol. The maximum atomic E-state index is 13.4. The predicted molar refractivity (Wildman–Crippen MR) is 67.1 cm³/mol. The maximum absolute atomic E-state index is 13.4. The van der Waals surface area contributed by atoms with E-state index in [9.17, 15) is 4.39 Å². The van der Waals surface area contributed by atoms with E-state index in [0.717, 1.165) is 5.56 Å². The molecule has 0 unspecified atom stereocenters. The molecular formula is C15H12FNO. The second-order valence-corrected chi connectivity index (χ2v) is 4.08. The summed E-state index contributed by atoms with van der Waals surface area (Å²) in [5.41, 5.74) is 1.85. The highest BCUT2D eigenvalue weighted by Crippen LogP contribution is 2.29. The molecule has 3 heteroatoms. The Morgan fingerprint density at radius 3 is 2.56 bits per heavy atom. The highest BCUT2D eigenvalue weighted by atomic mass is 19.1. The van der Waals surface area contributed by atoms with Gasteiger partial charge in [-0.2, -0.15) is 5.26 Å². The first kappa shape index (κ1) is 12.1. The Morgan fingerprint density at radius 1 is 1.11 bits per heavy atom. The first-order valence-corrected chi connectivity index (χ1v) is 5.55. The molecule has 0 aliphatic heterocycles. The lowest BCUT2D eigenvalue weighted by Gasteiger charge is -2.10. The molecule has 0 saturated heterocycles. The first-order chi connectivity index (χ1) is 8.61. The minimum Gasteiger partial charge on any atom is -0.456 e. The zero-order valence-corrected chi connectivity index (χ0v) is 10.2. The Kier molecular flexibility index (Phi) is 3.29. The van der Waals surface area contributed by atoms with Crippen LogP contribution in [0.25, 0.3) is 0 Å². The smallest absolute Gasteiger partial charge is 0.148 e. The fourth-order valence-electron chi connectivity index (χ4n) is 1.63. The van der Waals surface area contributed by atoms with Crippen LogP contribution in [0.2, 0.25) is 0 Å². The molecule has 0 aromatic heterocycles. The summed E-state index contributed by atoms with van der Waals surface area (Å²) in [5, 5.41) is 9.02. The van der Waals surface area contributed by atoms with E-state index in [1.807, 2.05) is 13.0 Å². The SMILES string of the molecule is Cc1ccc(Oc2c(C)cccc2C#N)cc1F. The van der Waals surface area contributed by atoms with Crippen molar-refractivity contribution in [3.05, 3.63) is 58.9 Å². The van der Waals surface area contributed by atoms with Crippen molar-refractivity contribution in [2.45, 2.75) is 13.8 Å². The van der Waals surface area contributed by atoms with E-state index >= 15 is 0 Å². The van der Waals surface area contributed by atoms with Crippen LogP contribution in [0.15, 0.2) is 36.4 Å². The van der Waals surface area contributed by atoms with Gasteiger partial charge >= 0.3 is 0 Å². The Bertz CT molecular complexity index is 629. The van der Waals surface area contributed by atoms with Crippen LogP contribution in [0.1, 0.15) is 16.7 Å². The van der Waals surface area contributed by atoms with Crippen LogP contribution in [0.5, 0.6) is 11.5 Å². The molecule has 0 fully saturated rings. The molecule has 0 radical (unpaired) electrons. The van der Waals surface area contributed by atoms with Crippen LogP contribution < -0.4 is 4.74 Å². The zero-order chi connectivity index (χ0) is 13.1. The fraction of sp³-hybridized carbons (Fsp3) is 0.133. The summed E-state index contributed by atoms with van der Waals surface area (Å²) in [6, 6.07) is 12.0. The minimum atomic E-state index is -0.320. The number of para-hydroxylation sites is 1. The van der Waals surface area contributed by atoms with Gasteiger partial charge in [0.2, 0.25) is 0 Å². The van der Waals surface area contributed by atoms with Crippen molar-refractivity contribution < 1.29 is 9.13 Å². The van der Waals surface area contributed by atoms with E-state index in [1.165, 1.54) is 6.07 Å². The Balaban J connectivity index is 2.40. The molecule has 0 amide bonds. The molecule has 2 nitrogen and oxygen atoms in total. The molecule has 0 bridgehead atoms. The average molecular weight is 241 g/mol. The van der Waals surface area contributed by atoms with Gasteiger partial charge in [-0.25, -0.2) is 4.39 Å². The lowest BCUT2D eigenvalue weighted by molar-refractivity contribution is 0.471. The Morgan fingerprint density at radius 2 is 1.89 bits per heavy atom. The summed E-state index contributed by atoms with van der Waals surface area (Å²) in [5.74, 6) is 0.548. The van der Waals surface area contributed by atoms with Gasteiger partial charge in [0.25, 0.3) is 0 Å². The van der Waals surface area contributed by atoms with Crippen LogP contribution in [-0.2, 0) is 0 Å². The minimum absolute atomic E-state index is 0.320. The zero-order valence-electron chi connectivity index (χ0n) is 10.2. The van der Waals surface area contributed by atoms with Crippen molar-refractivity contribution in [2.75, 3.05) is 0 Å². The van der Waals surface area contributed by atoms with Crippen molar-refractivity contribution in [2.24, 2.45) is 0 Å². The van der Waals surface area contributed by atoms with Gasteiger partial charge in [0, 0.05) is 6.07 Å². The molecule has 0 aliphatic rings. The number of hydrogen-bond donors (Lipinski definition) is 0. The van der Waals surface area contributed by atoms with Gasteiger partial charge in [-0.3, -0.25) is 0 Å². The van der Waals surface area contributed by atoms with E-state index in [4.69, 9.17) is 10.00 Å². The highest BCUT2D eigenvalue weighted by Gasteiger charge is 2.08. The second kappa shape index (κ2) is 4.89. The summed E-state index contributed by atoms with van der Waals surface area (Å²) in [6.07, 6.45) is 0. The van der Waals surface area contributed by atoms with Gasteiger partial charge in [-0.15, -0.1) is 0 Å². The number of rotatable bonds is 2. The van der Waals surface area contributed by atoms with Gasteiger partial charge in [-0.05, 0) is 37.1 Å². The number of nitriles is 1. The van der Waals surface area contributed by atoms with Crippen molar-refractivity contribution in [1.82, 2.24) is 0 Å². The molecular weight excluding hydrogens is 229 g/mol. The normalized spacial score (nSPS) is 9.89. The number of benzene rings is 2. The molecule has 0 N–H and O–H groups in total. The molecule has 2 aromatic rings. The first-order valence-electron chi connectivity index (χ1n) is 5.55. The van der Waals surface area contributed by atoms with Gasteiger partial charge in [0.05, 0.1) is 5.56 Å². The summed E-state index contributed by atoms with van der Waals surface area (Å²) >= 11 is 0. The Labute approximate surface area is 105 Å².